The van der Waals surface area contributed by atoms with E-state index in [9.17, 15) is 4.39 Å². The van der Waals surface area contributed by atoms with Crippen LogP contribution in [-0.2, 0) is 0 Å². The molecule has 0 spiro atoms. The molecule has 2 aliphatic rings. The maximum absolute atomic E-state index is 14.2. The summed E-state index contributed by atoms with van der Waals surface area (Å²) in [6, 6.07) is 5.82. The molecule has 3 rings (SSSR count). The molecule has 4 heteroatoms. The summed E-state index contributed by atoms with van der Waals surface area (Å²) in [5.41, 5.74) is 9.70. The van der Waals surface area contributed by atoms with Gasteiger partial charge in [-0.2, -0.15) is 0 Å². The molecule has 2 atom stereocenters. The van der Waals surface area contributed by atoms with Crippen LogP contribution in [-0.4, -0.2) is 37.8 Å². The molecule has 1 aromatic carbocycles. The number of nitrogens with one attached hydrogen (secondary N) is 1. The van der Waals surface area contributed by atoms with Gasteiger partial charge in [0.15, 0.2) is 0 Å². The number of rotatable bonds is 1. The van der Waals surface area contributed by atoms with Gasteiger partial charge in [-0.1, -0.05) is 6.08 Å². The summed E-state index contributed by atoms with van der Waals surface area (Å²) >= 11 is 0. The van der Waals surface area contributed by atoms with Crippen LogP contribution in [0.15, 0.2) is 29.8 Å². The third kappa shape index (κ3) is 1.86. The Kier molecular flexibility index (Phi) is 2.74. The summed E-state index contributed by atoms with van der Waals surface area (Å²) in [6.07, 6.45) is 1.15. The van der Waals surface area contributed by atoms with Crippen LogP contribution in [0.25, 0.3) is 0 Å². The van der Waals surface area contributed by atoms with Crippen LogP contribution in [0.4, 0.5) is 15.8 Å². The zero-order valence-electron chi connectivity index (χ0n) is 10.5. The summed E-state index contributed by atoms with van der Waals surface area (Å²) < 4.78 is 14.2. The van der Waals surface area contributed by atoms with Gasteiger partial charge in [0.2, 0.25) is 0 Å². The first-order valence-electron chi connectivity index (χ1n) is 6.31. The summed E-state index contributed by atoms with van der Waals surface area (Å²) in [5, 5.41) is 3.33. The molecular formula is C14H18FN3. The van der Waals surface area contributed by atoms with Gasteiger partial charge in [-0.15, -0.1) is 0 Å². The first-order valence-corrected chi connectivity index (χ1v) is 6.31. The van der Waals surface area contributed by atoms with Gasteiger partial charge in [-0.05, 0) is 36.4 Å². The van der Waals surface area contributed by atoms with Crippen molar-refractivity contribution >= 4 is 11.4 Å². The smallest absolute Gasteiger partial charge is 0.134 e. The van der Waals surface area contributed by atoms with Crippen molar-refractivity contribution in [3.05, 3.63) is 35.4 Å². The predicted molar refractivity (Wildman–Crippen MR) is 72.6 cm³/mol. The third-order valence-electron chi connectivity index (χ3n) is 3.82. The normalized spacial score (nSPS) is 27.6. The minimum atomic E-state index is -0.872. The summed E-state index contributed by atoms with van der Waals surface area (Å²) in [4.78, 5) is 2.00. The number of nitrogens with two attached hydrogens (primary N) is 1. The van der Waals surface area contributed by atoms with Crippen molar-refractivity contribution in [3.8, 4) is 0 Å². The first-order chi connectivity index (χ1) is 8.65. The molecule has 3 N–H and O–H groups in total. The van der Waals surface area contributed by atoms with E-state index in [-0.39, 0.29) is 5.92 Å². The third-order valence-corrected chi connectivity index (χ3v) is 3.82. The highest BCUT2D eigenvalue weighted by Gasteiger charge is 2.32. The average molecular weight is 247 g/mol. The van der Waals surface area contributed by atoms with Crippen molar-refractivity contribution < 1.29 is 4.39 Å². The van der Waals surface area contributed by atoms with E-state index in [4.69, 9.17) is 5.73 Å². The van der Waals surface area contributed by atoms with Gasteiger partial charge >= 0.3 is 0 Å². The lowest BCUT2D eigenvalue weighted by Gasteiger charge is -2.28. The Morgan fingerprint density at radius 1 is 1.44 bits per heavy atom. The van der Waals surface area contributed by atoms with E-state index < -0.39 is 6.17 Å². The van der Waals surface area contributed by atoms with Crippen LogP contribution in [0.2, 0.25) is 0 Å². The minimum Gasteiger partial charge on any atom is -0.399 e. The molecule has 0 saturated carbocycles. The van der Waals surface area contributed by atoms with Gasteiger partial charge in [-0.25, -0.2) is 4.39 Å². The molecule has 96 valence electrons. The summed E-state index contributed by atoms with van der Waals surface area (Å²) in [6.45, 7) is 2.08. The van der Waals surface area contributed by atoms with E-state index in [0.717, 1.165) is 35.6 Å². The number of nitrogen functional groups attached to an aromatic ring is 1. The molecular weight excluding hydrogens is 229 g/mol. The van der Waals surface area contributed by atoms with E-state index >= 15 is 0 Å². The molecule has 2 heterocycles. The van der Waals surface area contributed by atoms with Gasteiger partial charge in [0.05, 0.1) is 0 Å². The highest BCUT2D eigenvalue weighted by Crippen LogP contribution is 2.39. The number of alkyl halides is 1. The number of fused-ring (bicyclic) bond motifs is 1. The van der Waals surface area contributed by atoms with Crippen LogP contribution < -0.4 is 11.1 Å². The minimum absolute atomic E-state index is 0.132. The lowest BCUT2D eigenvalue weighted by atomic mass is 9.88. The standard InChI is InChI=1S/C14H18FN3/c1-18-5-4-10(13(15)8-18)12-7-17-14-3-2-9(16)6-11(12)14/h2-4,6,12-13,17H,5,7-8,16H2,1H3. The number of anilines is 2. The van der Waals surface area contributed by atoms with Crippen molar-refractivity contribution in [2.75, 3.05) is 37.7 Å². The largest absolute Gasteiger partial charge is 0.399 e. The second-order valence-electron chi connectivity index (χ2n) is 5.17. The number of nitrogens with zero attached hydrogens (tertiary/aromatic N) is 1. The molecule has 0 aliphatic carbocycles. The van der Waals surface area contributed by atoms with Gasteiger partial charge < -0.3 is 11.1 Å². The molecule has 1 aromatic rings. The molecule has 3 nitrogen and oxygen atoms in total. The Morgan fingerprint density at radius 3 is 3.06 bits per heavy atom. The Hall–Kier alpha value is -1.55. The molecule has 0 saturated heterocycles. The Morgan fingerprint density at radius 2 is 2.28 bits per heavy atom. The maximum atomic E-state index is 14.2. The van der Waals surface area contributed by atoms with Crippen LogP contribution >= 0.6 is 0 Å². The quantitative estimate of drug-likeness (QED) is 0.589. The predicted octanol–water partition coefficient (Wildman–Crippen LogP) is 1.99. The van der Waals surface area contributed by atoms with E-state index in [1.165, 1.54) is 0 Å². The SMILES string of the molecule is CN1CC=C(C2CNc3ccc(N)cc32)C(F)C1. The van der Waals surface area contributed by atoms with Crippen molar-refractivity contribution in [2.24, 2.45) is 0 Å². The van der Waals surface area contributed by atoms with Crippen molar-refractivity contribution in [2.45, 2.75) is 12.1 Å². The van der Waals surface area contributed by atoms with Crippen LogP contribution in [0.3, 0.4) is 0 Å². The average Bonchev–Trinajstić information content (AvgIpc) is 2.72. The molecule has 18 heavy (non-hydrogen) atoms. The fourth-order valence-electron chi connectivity index (χ4n) is 2.85. The Bertz CT molecular complexity index is 498. The fourth-order valence-corrected chi connectivity index (χ4v) is 2.85. The second kappa shape index (κ2) is 4.28. The number of likely N-dealkylation sites (N-methyl/N-ethyl adjacent to an activating group) is 1. The topological polar surface area (TPSA) is 41.3 Å². The van der Waals surface area contributed by atoms with Crippen LogP contribution in [0.1, 0.15) is 11.5 Å². The number of hydrogen-bond acceptors (Lipinski definition) is 3. The summed E-state index contributed by atoms with van der Waals surface area (Å²) in [7, 11) is 1.94. The van der Waals surface area contributed by atoms with Crippen LogP contribution in [0, 0.1) is 0 Å². The lowest BCUT2D eigenvalue weighted by Crippen LogP contribution is -2.34. The number of hydrogen-bond donors (Lipinski definition) is 2. The second-order valence-corrected chi connectivity index (χ2v) is 5.17. The summed E-state index contributed by atoms with van der Waals surface area (Å²) in [5.74, 6) is 0.132. The Balaban J connectivity index is 1.94. The van der Waals surface area contributed by atoms with E-state index in [2.05, 4.69) is 5.32 Å². The molecule has 0 bridgehead atoms. The van der Waals surface area contributed by atoms with E-state index in [0.29, 0.717) is 6.54 Å². The van der Waals surface area contributed by atoms with Crippen LogP contribution in [0.5, 0.6) is 0 Å². The van der Waals surface area contributed by atoms with Gasteiger partial charge in [0.1, 0.15) is 6.17 Å². The molecule has 0 aromatic heterocycles. The lowest BCUT2D eigenvalue weighted by molar-refractivity contribution is 0.237. The van der Waals surface area contributed by atoms with Crippen molar-refractivity contribution in [1.82, 2.24) is 4.90 Å². The maximum Gasteiger partial charge on any atom is 0.134 e. The Labute approximate surface area is 106 Å². The monoisotopic (exact) mass is 247 g/mol. The van der Waals surface area contributed by atoms with E-state index in [1.807, 2.05) is 36.2 Å². The van der Waals surface area contributed by atoms with Gasteiger partial charge in [0, 0.05) is 36.9 Å². The fraction of sp³-hybridized carbons (Fsp3) is 0.429. The molecule has 0 fully saturated rings. The number of benzene rings is 1. The molecule has 2 aliphatic heterocycles. The van der Waals surface area contributed by atoms with Crippen molar-refractivity contribution in [3.63, 3.8) is 0 Å². The molecule has 0 amide bonds. The molecule has 2 unspecified atom stereocenters. The van der Waals surface area contributed by atoms with Crippen molar-refractivity contribution in [1.29, 1.82) is 0 Å². The highest BCUT2D eigenvalue weighted by molar-refractivity contribution is 5.65. The highest BCUT2D eigenvalue weighted by atomic mass is 19.1. The molecule has 0 radical (unpaired) electrons. The van der Waals surface area contributed by atoms with Gasteiger partial charge in [0.25, 0.3) is 0 Å². The van der Waals surface area contributed by atoms with Gasteiger partial charge in [-0.3, -0.25) is 4.90 Å². The zero-order chi connectivity index (χ0) is 12.7. The van der Waals surface area contributed by atoms with E-state index in [1.54, 1.807) is 0 Å². The zero-order valence-corrected chi connectivity index (χ0v) is 10.5. The first kappa shape index (κ1) is 11.5. The number of halogens is 1.